The summed E-state index contributed by atoms with van der Waals surface area (Å²) < 4.78 is 11.3. The minimum atomic E-state index is -0.768. The maximum absolute atomic E-state index is 11.2. The zero-order chi connectivity index (χ0) is 10.7. The van der Waals surface area contributed by atoms with E-state index >= 15 is 0 Å². The Balaban J connectivity index is 2.01. The number of rotatable bonds is 3. The zero-order valence-electron chi connectivity index (χ0n) is 9.12. The molecule has 0 bridgehead atoms. The van der Waals surface area contributed by atoms with Crippen LogP contribution in [0.2, 0.25) is 0 Å². The van der Waals surface area contributed by atoms with Crippen molar-refractivity contribution in [2.24, 2.45) is 0 Å². The molecule has 5 heteroatoms. The number of hydrogen-bond acceptors (Lipinski definition) is 5. The van der Waals surface area contributed by atoms with E-state index in [0.717, 1.165) is 6.54 Å². The molecule has 0 spiro atoms. The van der Waals surface area contributed by atoms with Gasteiger partial charge in [0, 0.05) is 25.9 Å². The monoisotopic (exact) mass is 214 g/mol. The molecule has 0 amide bonds. The van der Waals surface area contributed by atoms with Gasteiger partial charge in [-0.1, -0.05) is 6.92 Å². The van der Waals surface area contributed by atoms with E-state index in [-0.39, 0.29) is 0 Å². The minimum Gasteiger partial charge on any atom is -0.322 e. The minimum absolute atomic E-state index is 0.330. The van der Waals surface area contributed by atoms with Crippen molar-refractivity contribution in [3.63, 3.8) is 0 Å². The molecule has 15 heavy (non-hydrogen) atoms. The lowest BCUT2D eigenvalue weighted by molar-refractivity contribution is -0.280. The number of ether oxygens (including phenoxy) is 2. The first-order valence-corrected chi connectivity index (χ1v) is 5.56. The summed E-state index contributed by atoms with van der Waals surface area (Å²) in [6, 6.07) is -0.768. The molecule has 86 valence electrons. The first kappa shape index (κ1) is 11.0. The van der Waals surface area contributed by atoms with E-state index in [1.165, 1.54) is 0 Å². The highest BCUT2D eigenvalue weighted by atomic mass is 16.8. The fourth-order valence-electron chi connectivity index (χ4n) is 2.07. The highest BCUT2D eigenvalue weighted by Gasteiger charge is 2.43. The lowest BCUT2D eigenvalue weighted by atomic mass is 10.1. The van der Waals surface area contributed by atoms with Gasteiger partial charge in [0.25, 0.3) is 6.03 Å². The number of carbonyl (C=O) groups is 1. The predicted octanol–water partition coefficient (Wildman–Crippen LogP) is -0.0811. The van der Waals surface area contributed by atoms with Crippen molar-refractivity contribution in [1.29, 1.82) is 0 Å². The summed E-state index contributed by atoms with van der Waals surface area (Å²) in [4.78, 5) is 13.2. The van der Waals surface area contributed by atoms with Crippen LogP contribution in [-0.2, 0) is 14.3 Å². The Labute approximate surface area is 89.7 Å². The van der Waals surface area contributed by atoms with Crippen molar-refractivity contribution >= 4 is 5.78 Å². The second-order valence-electron chi connectivity index (χ2n) is 3.83. The van der Waals surface area contributed by atoms with E-state index in [1.54, 1.807) is 0 Å². The molecule has 2 fully saturated rings. The predicted molar refractivity (Wildman–Crippen MR) is 54.1 cm³/mol. The maximum Gasteiger partial charge on any atom is 0.294 e. The van der Waals surface area contributed by atoms with Gasteiger partial charge in [-0.05, 0) is 6.54 Å². The third kappa shape index (κ3) is 2.20. The fraction of sp³-hybridized carbons (Fsp3) is 0.900. The Morgan fingerprint density at radius 1 is 1.33 bits per heavy atom. The number of carbonyl (C=O) groups excluding carboxylic acids is 1. The van der Waals surface area contributed by atoms with Gasteiger partial charge in [-0.25, -0.2) is 4.90 Å². The summed E-state index contributed by atoms with van der Waals surface area (Å²) in [5.74, 6) is 0.330. The lowest BCUT2D eigenvalue weighted by Crippen LogP contribution is -2.61. The molecular weight excluding hydrogens is 196 g/mol. The number of hydrogen-bond donors (Lipinski definition) is 1. The quantitative estimate of drug-likeness (QED) is 0.712. The molecule has 2 rings (SSSR count). The van der Waals surface area contributed by atoms with Crippen LogP contribution in [0.3, 0.4) is 0 Å². The van der Waals surface area contributed by atoms with E-state index in [4.69, 9.17) is 9.47 Å². The number of ketones is 1. The molecule has 0 aliphatic carbocycles. The fourth-order valence-corrected chi connectivity index (χ4v) is 2.07. The topological polar surface area (TPSA) is 50.8 Å². The molecule has 2 saturated heterocycles. The van der Waals surface area contributed by atoms with Crippen LogP contribution >= 0.6 is 0 Å². The van der Waals surface area contributed by atoms with Gasteiger partial charge in [0.1, 0.15) is 5.78 Å². The van der Waals surface area contributed by atoms with Crippen molar-refractivity contribution in [2.75, 3.05) is 32.8 Å². The normalized spacial score (nSPS) is 27.1. The second-order valence-corrected chi connectivity index (χ2v) is 3.83. The number of likely N-dealkylation sites (tertiary alicyclic amines) is 1. The number of nitrogens with zero attached hydrogens (tertiary/aromatic N) is 1. The molecule has 0 radical (unpaired) electrons. The molecule has 0 aromatic carbocycles. The SMILES string of the molecule is CCNC1(N2CCC(=O)CC2)OCCO1. The lowest BCUT2D eigenvalue weighted by Gasteiger charge is -2.40. The Bertz CT molecular complexity index is 229. The van der Waals surface area contributed by atoms with Crippen LogP contribution in [0.4, 0.5) is 0 Å². The molecule has 1 N–H and O–H groups in total. The number of Topliss-reactive ketones (excluding diaryl/α,β-unsaturated/α-hetero) is 1. The zero-order valence-corrected chi connectivity index (χ0v) is 9.12. The molecule has 0 saturated carbocycles. The van der Waals surface area contributed by atoms with E-state index < -0.39 is 6.03 Å². The largest absolute Gasteiger partial charge is 0.322 e. The van der Waals surface area contributed by atoms with Crippen LogP contribution in [0, 0.1) is 0 Å². The van der Waals surface area contributed by atoms with E-state index in [2.05, 4.69) is 10.2 Å². The van der Waals surface area contributed by atoms with Gasteiger partial charge in [-0.15, -0.1) is 0 Å². The standard InChI is InChI=1S/C10H18N2O3/c1-2-11-10(14-7-8-15-10)12-5-3-9(13)4-6-12/h11H,2-8H2,1H3. The van der Waals surface area contributed by atoms with Gasteiger partial charge in [0.2, 0.25) is 0 Å². The third-order valence-corrected chi connectivity index (χ3v) is 2.82. The van der Waals surface area contributed by atoms with Crippen LogP contribution < -0.4 is 5.32 Å². The molecule has 2 heterocycles. The van der Waals surface area contributed by atoms with Gasteiger partial charge in [0.05, 0.1) is 13.2 Å². The Kier molecular flexibility index (Phi) is 3.35. The van der Waals surface area contributed by atoms with Crippen LogP contribution in [-0.4, -0.2) is 49.6 Å². The highest BCUT2D eigenvalue weighted by Crippen LogP contribution is 2.24. The van der Waals surface area contributed by atoms with Crippen molar-refractivity contribution in [2.45, 2.75) is 25.8 Å². The summed E-state index contributed by atoms with van der Waals surface area (Å²) in [6.07, 6.45) is 1.19. The summed E-state index contributed by atoms with van der Waals surface area (Å²) in [5, 5.41) is 3.21. The molecule has 0 aromatic heterocycles. The van der Waals surface area contributed by atoms with Gasteiger partial charge in [0.15, 0.2) is 0 Å². The molecule has 2 aliphatic heterocycles. The van der Waals surface area contributed by atoms with Crippen molar-refractivity contribution in [3.05, 3.63) is 0 Å². The first-order chi connectivity index (χ1) is 7.27. The van der Waals surface area contributed by atoms with E-state index in [0.29, 0.717) is 44.9 Å². The Morgan fingerprint density at radius 2 is 1.93 bits per heavy atom. The maximum atomic E-state index is 11.2. The van der Waals surface area contributed by atoms with Crippen molar-refractivity contribution < 1.29 is 14.3 Å². The van der Waals surface area contributed by atoms with Crippen LogP contribution in [0.25, 0.3) is 0 Å². The average Bonchev–Trinajstić information content (AvgIpc) is 2.69. The first-order valence-electron chi connectivity index (χ1n) is 5.56. The van der Waals surface area contributed by atoms with E-state index in [9.17, 15) is 4.79 Å². The summed E-state index contributed by atoms with van der Waals surface area (Å²) in [6.45, 7) is 5.44. The van der Waals surface area contributed by atoms with Gasteiger partial charge in [-0.2, -0.15) is 0 Å². The van der Waals surface area contributed by atoms with Crippen LogP contribution in [0.15, 0.2) is 0 Å². The van der Waals surface area contributed by atoms with Gasteiger partial charge >= 0.3 is 0 Å². The molecule has 5 nitrogen and oxygen atoms in total. The van der Waals surface area contributed by atoms with Crippen molar-refractivity contribution in [3.8, 4) is 0 Å². The smallest absolute Gasteiger partial charge is 0.294 e. The molecule has 0 unspecified atom stereocenters. The highest BCUT2D eigenvalue weighted by molar-refractivity contribution is 5.79. The molecule has 0 atom stereocenters. The van der Waals surface area contributed by atoms with Gasteiger partial charge in [-0.3, -0.25) is 10.1 Å². The number of piperidine rings is 1. The molecule has 2 aliphatic rings. The van der Waals surface area contributed by atoms with Crippen molar-refractivity contribution in [1.82, 2.24) is 10.2 Å². The summed E-state index contributed by atoms with van der Waals surface area (Å²) >= 11 is 0. The van der Waals surface area contributed by atoms with Crippen LogP contribution in [0.1, 0.15) is 19.8 Å². The Morgan fingerprint density at radius 3 is 2.47 bits per heavy atom. The van der Waals surface area contributed by atoms with E-state index in [1.807, 2.05) is 6.92 Å². The number of nitrogens with one attached hydrogen (secondary N) is 1. The summed E-state index contributed by atoms with van der Waals surface area (Å²) in [7, 11) is 0. The van der Waals surface area contributed by atoms with Gasteiger partial charge < -0.3 is 9.47 Å². The average molecular weight is 214 g/mol. The Hall–Kier alpha value is -0.490. The van der Waals surface area contributed by atoms with Crippen LogP contribution in [0.5, 0.6) is 0 Å². The molecular formula is C10H18N2O3. The third-order valence-electron chi connectivity index (χ3n) is 2.82. The molecule has 0 aromatic rings. The summed E-state index contributed by atoms with van der Waals surface area (Å²) in [5.41, 5.74) is 0. The second kappa shape index (κ2) is 4.57.